The van der Waals surface area contributed by atoms with Crippen molar-refractivity contribution in [2.24, 2.45) is 23.7 Å². The number of aromatic hydroxyl groups is 1. The summed E-state index contributed by atoms with van der Waals surface area (Å²) in [5.41, 5.74) is 2.54. The van der Waals surface area contributed by atoms with Gasteiger partial charge in [-0.3, -0.25) is 34.7 Å². The number of hydrogen-bond donors (Lipinski definition) is 2. The number of carbonyl (C=O) groups excluding carboxylic acids is 4. The van der Waals surface area contributed by atoms with Crippen molar-refractivity contribution >= 4 is 63.9 Å². The maximum absolute atomic E-state index is 15.4. The molecule has 4 aromatic rings. The highest BCUT2D eigenvalue weighted by molar-refractivity contribution is 6.36. The lowest BCUT2D eigenvalue weighted by Gasteiger charge is -2.50. The molecule has 0 radical (unpaired) electrons. The van der Waals surface area contributed by atoms with Crippen molar-refractivity contribution in [3.63, 3.8) is 0 Å². The quantitative estimate of drug-likeness (QED) is 0.0838. The normalized spacial score (nSPS) is 25.6. The van der Waals surface area contributed by atoms with Gasteiger partial charge in [0.2, 0.25) is 11.8 Å². The number of hydrogen-bond acceptors (Lipinski definition) is 10. The molecule has 0 unspecified atom stereocenters. The summed E-state index contributed by atoms with van der Waals surface area (Å²) in [6.07, 6.45) is 1.91. The Morgan fingerprint density at radius 2 is 1.64 bits per heavy atom. The monoisotopic (exact) mass is 782 g/mol. The number of nitro groups is 1. The maximum Gasteiger partial charge on any atom is 0.271 e. The van der Waals surface area contributed by atoms with Crippen LogP contribution in [0.25, 0.3) is 0 Å². The van der Waals surface area contributed by atoms with Gasteiger partial charge in [0.05, 0.1) is 58.7 Å². The molecular formula is C40H32Cl2N4O9. The van der Waals surface area contributed by atoms with E-state index in [9.17, 15) is 29.6 Å². The summed E-state index contributed by atoms with van der Waals surface area (Å²) in [6.45, 7) is 0. The number of ether oxygens (including phenoxy) is 2. The summed E-state index contributed by atoms with van der Waals surface area (Å²) in [5.74, 6) is -6.77. The first-order valence-electron chi connectivity index (χ1n) is 17.3. The second kappa shape index (κ2) is 13.4. The topological polar surface area (TPSA) is 169 Å². The average molecular weight is 784 g/mol. The van der Waals surface area contributed by atoms with Gasteiger partial charge in [0, 0.05) is 28.6 Å². The highest BCUT2D eigenvalue weighted by atomic mass is 35.5. The maximum atomic E-state index is 15.4. The van der Waals surface area contributed by atoms with Gasteiger partial charge in [-0.05, 0) is 66.8 Å². The summed E-state index contributed by atoms with van der Waals surface area (Å²) >= 11 is 12.7. The summed E-state index contributed by atoms with van der Waals surface area (Å²) < 4.78 is 11.0. The fourth-order valence-corrected chi connectivity index (χ4v) is 9.58. The molecule has 2 aliphatic heterocycles. The smallest absolute Gasteiger partial charge is 0.271 e. The predicted octanol–water partition coefficient (Wildman–Crippen LogP) is 6.81. The number of hydrazine groups is 1. The summed E-state index contributed by atoms with van der Waals surface area (Å²) in [7, 11) is 2.90. The molecule has 55 heavy (non-hydrogen) atoms. The second-order valence-electron chi connectivity index (χ2n) is 13.9. The Kier molecular flexibility index (Phi) is 8.81. The molecule has 4 aliphatic rings. The minimum absolute atomic E-state index is 0.0286. The number of non-ortho nitro benzene ring substituents is 1. The molecule has 13 nitrogen and oxygen atoms in total. The van der Waals surface area contributed by atoms with E-state index in [-0.39, 0.29) is 52.0 Å². The van der Waals surface area contributed by atoms with Gasteiger partial charge in [0.1, 0.15) is 5.75 Å². The van der Waals surface area contributed by atoms with Gasteiger partial charge in [-0.15, -0.1) is 0 Å². The van der Waals surface area contributed by atoms with E-state index in [0.717, 1.165) is 9.91 Å². The van der Waals surface area contributed by atoms with Crippen LogP contribution >= 0.6 is 23.2 Å². The molecule has 0 spiro atoms. The van der Waals surface area contributed by atoms with Crippen LogP contribution in [0.5, 0.6) is 17.2 Å². The Balaban J connectivity index is 1.34. The fraction of sp³-hybridized carbons (Fsp3) is 0.250. The van der Waals surface area contributed by atoms with Crippen LogP contribution in [-0.4, -0.2) is 52.9 Å². The highest BCUT2D eigenvalue weighted by Gasteiger charge is 2.70. The van der Waals surface area contributed by atoms with Gasteiger partial charge in [-0.25, -0.2) is 4.90 Å². The van der Waals surface area contributed by atoms with Gasteiger partial charge in [0.15, 0.2) is 11.5 Å². The van der Waals surface area contributed by atoms with Crippen molar-refractivity contribution in [1.82, 2.24) is 5.01 Å². The molecule has 2 aliphatic carbocycles. The Bertz CT molecular complexity index is 2350. The number of halogens is 2. The number of fused-ring (bicyclic) bond motifs is 4. The number of nitrogens with zero attached hydrogens (tertiary/aromatic N) is 3. The first-order chi connectivity index (χ1) is 26.4. The standard InChI is InChI=1S/C40H32Cl2N4O9/c1-54-24-12-9-20(10-13-24)40-29(37(49)45(39(40)51)43-31-16-11-21(41)17-30(31)42)19-28-25(34(40)27-7-4-8-32(55-2)35(27)47)14-15-26-33(28)38(50)44(36(26)48)22-5-3-6-23(18-22)46(52)53/h3-14,16-18,26,28-29,33-34,43,47H,15,19H2,1-2H3/t26-,28+,29-,33-,34+,40+/m0/s1. The lowest BCUT2D eigenvalue weighted by atomic mass is 9.49. The summed E-state index contributed by atoms with van der Waals surface area (Å²) in [5, 5.41) is 24.9. The number of carbonyl (C=O) groups is 4. The zero-order valence-corrected chi connectivity index (χ0v) is 30.8. The van der Waals surface area contributed by atoms with Crippen molar-refractivity contribution in [3.05, 3.63) is 128 Å². The largest absolute Gasteiger partial charge is 0.504 e. The Morgan fingerprint density at radius 1 is 0.891 bits per heavy atom. The third kappa shape index (κ3) is 5.35. The first-order valence-corrected chi connectivity index (χ1v) is 18.1. The van der Waals surface area contributed by atoms with Crippen LogP contribution in [0.2, 0.25) is 10.0 Å². The Labute approximate surface area is 324 Å². The van der Waals surface area contributed by atoms with Crippen LogP contribution in [0.3, 0.4) is 0 Å². The molecular weight excluding hydrogens is 751 g/mol. The van der Waals surface area contributed by atoms with Crippen LogP contribution in [0.4, 0.5) is 17.1 Å². The van der Waals surface area contributed by atoms with E-state index >= 15 is 4.79 Å². The number of benzene rings is 4. The molecule has 2 heterocycles. The van der Waals surface area contributed by atoms with Gasteiger partial charge >= 0.3 is 0 Å². The van der Waals surface area contributed by atoms with Gasteiger partial charge in [-0.2, -0.15) is 5.01 Å². The van der Waals surface area contributed by atoms with Crippen LogP contribution < -0.4 is 19.8 Å². The van der Waals surface area contributed by atoms with Gasteiger partial charge < -0.3 is 14.6 Å². The van der Waals surface area contributed by atoms with E-state index < -0.39 is 63.6 Å². The number of amides is 4. The van der Waals surface area contributed by atoms with Crippen molar-refractivity contribution in [3.8, 4) is 17.2 Å². The molecule has 6 atom stereocenters. The second-order valence-corrected chi connectivity index (χ2v) is 14.7. The zero-order valence-electron chi connectivity index (χ0n) is 29.3. The van der Waals surface area contributed by atoms with Crippen molar-refractivity contribution in [2.45, 2.75) is 24.2 Å². The Morgan fingerprint density at radius 3 is 2.33 bits per heavy atom. The van der Waals surface area contributed by atoms with Crippen molar-refractivity contribution < 1.29 is 38.7 Å². The lowest BCUT2D eigenvalue weighted by Crippen LogP contribution is -2.53. The third-order valence-electron chi connectivity index (χ3n) is 11.4. The SMILES string of the molecule is COc1ccc([C@@]23C(=O)N(Nc4ccc(Cl)cc4Cl)C(=O)[C@@H]2C[C@@H]2C(=CC[C@@H]4C(=O)N(c5cccc([N+](=O)[O-])c5)C(=O)[C@@H]42)[C@@H]3c2cccc(OC)c2O)cc1. The number of phenolic OH excluding ortho intramolecular Hbond substituents is 1. The minimum atomic E-state index is -1.71. The lowest BCUT2D eigenvalue weighted by molar-refractivity contribution is -0.384. The molecule has 1 saturated carbocycles. The minimum Gasteiger partial charge on any atom is -0.504 e. The molecule has 4 aromatic carbocycles. The number of nitro benzene ring substituents is 1. The van der Waals surface area contributed by atoms with E-state index in [4.69, 9.17) is 32.7 Å². The molecule has 8 rings (SSSR count). The highest BCUT2D eigenvalue weighted by Crippen LogP contribution is 2.65. The number of nitrogens with one attached hydrogen (secondary N) is 1. The molecule has 0 bridgehead atoms. The summed E-state index contributed by atoms with van der Waals surface area (Å²) in [4.78, 5) is 71.0. The predicted molar refractivity (Wildman–Crippen MR) is 201 cm³/mol. The molecule has 280 valence electrons. The van der Waals surface area contributed by atoms with Crippen LogP contribution in [-0.2, 0) is 24.6 Å². The molecule has 2 N–H and O–H groups in total. The van der Waals surface area contributed by atoms with Gasteiger partial charge in [0.25, 0.3) is 17.5 Å². The van der Waals surface area contributed by atoms with E-state index in [2.05, 4.69) is 5.43 Å². The number of allylic oxidation sites excluding steroid dienone is 2. The van der Waals surface area contributed by atoms with Crippen LogP contribution in [0.15, 0.2) is 96.6 Å². The average Bonchev–Trinajstić information content (AvgIpc) is 3.56. The van der Waals surface area contributed by atoms with Crippen LogP contribution in [0.1, 0.15) is 29.9 Å². The number of methoxy groups -OCH3 is 2. The molecule has 15 heteroatoms. The zero-order chi connectivity index (χ0) is 38.9. The van der Waals surface area contributed by atoms with E-state index in [1.165, 1.54) is 50.6 Å². The summed E-state index contributed by atoms with van der Waals surface area (Å²) in [6, 6.07) is 21.5. The van der Waals surface area contributed by atoms with E-state index in [1.54, 1.807) is 48.5 Å². The molecule has 0 aromatic heterocycles. The molecule has 2 saturated heterocycles. The number of phenols is 1. The first kappa shape index (κ1) is 36.1. The van der Waals surface area contributed by atoms with Gasteiger partial charge in [-0.1, -0.05) is 65.2 Å². The fourth-order valence-electron chi connectivity index (χ4n) is 9.13. The Hall–Kier alpha value is -5.92. The van der Waals surface area contributed by atoms with Crippen molar-refractivity contribution in [1.29, 1.82) is 0 Å². The number of imide groups is 2. The molecule has 3 fully saturated rings. The number of para-hydroxylation sites is 1. The number of rotatable bonds is 8. The van der Waals surface area contributed by atoms with E-state index in [0.29, 0.717) is 21.9 Å². The third-order valence-corrected chi connectivity index (χ3v) is 12.0. The molecule has 4 amide bonds. The van der Waals surface area contributed by atoms with Crippen molar-refractivity contribution in [2.75, 3.05) is 24.5 Å². The van der Waals surface area contributed by atoms with E-state index in [1.807, 2.05) is 6.08 Å². The number of anilines is 2. The van der Waals surface area contributed by atoms with Crippen LogP contribution in [0, 0.1) is 33.8 Å².